The normalized spacial score (nSPS) is 19.0. The molecule has 3 heteroatoms. The van der Waals surface area contributed by atoms with E-state index in [0.717, 1.165) is 25.3 Å². The van der Waals surface area contributed by atoms with Crippen molar-refractivity contribution in [2.45, 2.75) is 31.8 Å². The minimum atomic E-state index is -0.226. The second kappa shape index (κ2) is 7.41. The average Bonchev–Trinajstić information content (AvgIpc) is 2.56. The van der Waals surface area contributed by atoms with Crippen LogP contribution in [0.1, 0.15) is 24.8 Å². The van der Waals surface area contributed by atoms with Gasteiger partial charge in [0.15, 0.2) is 0 Å². The van der Waals surface area contributed by atoms with Crippen LogP contribution in [0, 0.1) is 5.82 Å². The number of rotatable bonds is 5. The van der Waals surface area contributed by atoms with E-state index in [1.807, 2.05) is 0 Å². The lowest BCUT2D eigenvalue weighted by molar-refractivity contribution is 0.0932. The van der Waals surface area contributed by atoms with Crippen LogP contribution in [-0.4, -0.2) is 24.1 Å². The maximum absolute atomic E-state index is 12.9. The molecule has 0 N–H and O–H groups in total. The van der Waals surface area contributed by atoms with Gasteiger partial charge in [-0.3, -0.25) is 4.90 Å². The molecule has 0 bridgehead atoms. The lowest BCUT2D eigenvalue weighted by Crippen LogP contribution is -2.42. The van der Waals surface area contributed by atoms with Gasteiger partial charge in [-0.25, -0.2) is 4.39 Å². The highest BCUT2D eigenvalue weighted by Gasteiger charge is 2.23. The molecule has 0 radical (unpaired) electrons. The molecule has 0 aromatic heterocycles. The van der Waals surface area contributed by atoms with Gasteiger partial charge >= 0.3 is 0 Å². The van der Waals surface area contributed by atoms with Crippen molar-refractivity contribution in [1.29, 1.82) is 0 Å². The molecule has 1 saturated heterocycles. The molecule has 116 valence electrons. The molecule has 1 atom stereocenters. The van der Waals surface area contributed by atoms with Gasteiger partial charge in [0.05, 0.1) is 0 Å². The summed E-state index contributed by atoms with van der Waals surface area (Å²) < 4.78 is 18.8. The maximum atomic E-state index is 12.9. The summed E-state index contributed by atoms with van der Waals surface area (Å²) in [5, 5.41) is 0. The Labute approximate surface area is 131 Å². The van der Waals surface area contributed by atoms with Crippen LogP contribution in [0.4, 0.5) is 4.39 Å². The number of likely N-dealkylation sites (tertiary alicyclic amines) is 1. The Kier molecular flexibility index (Phi) is 5.07. The van der Waals surface area contributed by atoms with E-state index in [0.29, 0.717) is 12.6 Å². The highest BCUT2D eigenvalue weighted by molar-refractivity contribution is 5.22. The first-order chi connectivity index (χ1) is 10.8. The molecule has 2 nitrogen and oxygen atoms in total. The summed E-state index contributed by atoms with van der Waals surface area (Å²) in [7, 11) is 0. The van der Waals surface area contributed by atoms with Gasteiger partial charge in [0.25, 0.3) is 0 Å². The van der Waals surface area contributed by atoms with Crippen LogP contribution >= 0.6 is 0 Å². The van der Waals surface area contributed by atoms with E-state index < -0.39 is 0 Å². The monoisotopic (exact) mass is 299 g/mol. The largest absolute Gasteiger partial charge is 0.492 e. The van der Waals surface area contributed by atoms with Crippen LogP contribution in [-0.2, 0) is 6.54 Å². The fraction of sp³-hybridized carbons (Fsp3) is 0.368. The van der Waals surface area contributed by atoms with E-state index in [1.165, 1.54) is 30.5 Å². The molecule has 0 aliphatic carbocycles. The van der Waals surface area contributed by atoms with Crippen LogP contribution in [0.5, 0.6) is 5.75 Å². The second-order valence-electron chi connectivity index (χ2n) is 5.87. The minimum Gasteiger partial charge on any atom is -0.492 e. The van der Waals surface area contributed by atoms with Gasteiger partial charge in [-0.2, -0.15) is 0 Å². The third kappa shape index (κ3) is 4.08. The predicted octanol–water partition coefficient (Wildman–Crippen LogP) is 4.26. The zero-order chi connectivity index (χ0) is 15.2. The van der Waals surface area contributed by atoms with Gasteiger partial charge in [0.2, 0.25) is 0 Å². The van der Waals surface area contributed by atoms with Crippen LogP contribution in [0.3, 0.4) is 0 Å². The van der Waals surface area contributed by atoms with Crippen molar-refractivity contribution in [2.75, 3.05) is 13.2 Å². The Balaban J connectivity index is 1.59. The number of piperidine rings is 1. The Bertz CT molecular complexity index is 570. The molecule has 22 heavy (non-hydrogen) atoms. The summed E-state index contributed by atoms with van der Waals surface area (Å²) in [6.45, 7) is 2.75. The minimum absolute atomic E-state index is 0.226. The SMILES string of the molecule is Fc1ccc(OCC2CCCCN2Cc2ccccc2)cc1. The molecule has 2 aromatic rings. The van der Waals surface area contributed by atoms with E-state index in [1.54, 1.807) is 12.1 Å². The van der Waals surface area contributed by atoms with Crippen molar-refractivity contribution < 1.29 is 9.13 Å². The van der Waals surface area contributed by atoms with Gasteiger partial charge in [-0.15, -0.1) is 0 Å². The van der Waals surface area contributed by atoms with Gasteiger partial charge in [0.1, 0.15) is 18.2 Å². The van der Waals surface area contributed by atoms with E-state index >= 15 is 0 Å². The van der Waals surface area contributed by atoms with Crippen molar-refractivity contribution in [1.82, 2.24) is 4.90 Å². The van der Waals surface area contributed by atoms with E-state index in [-0.39, 0.29) is 5.82 Å². The van der Waals surface area contributed by atoms with Gasteiger partial charge < -0.3 is 4.74 Å². The first-order valence-electron chi connectivity index (χ1n) is 7.97. The summed E-state index contributed by atoms with van der Waals surface area (Å²) in [6, 6.07) is 17.3. The number of hydrogen-bond donors (Lipinski definition) is 0. The third-order valence-corrected chi connectivity index (χ3v) is 4.23. The molecule has 0 amide bonds. The zero-order valence-electron chi connectivity index (χ0n) is 12.7. The Morgan fingerprint density at radius 3 is 2.55 bits per heavy atom. The highest BCUT2D eigenvalue weighted by atomic mass is 19.1. The standard InChI is InChI=1S/C19H22FNO/c20-17-9-11-19(12-10-17)22-15-18-8-4-5-13-21(18)14-16-6-2-1-3-7-16/h1-3,6-7,9-12,18H,4-5,8,13-15H2. The quantitative estimate of drug-likeness (QED) is 0.818. The van der Waals surface area contributed by atoms with Crippen molar-refractivity contribution in [3.05, 3.63) is 66.0 Å². The van der Waals surface area contributed by atoms with E-state index in [2.05, 4.69) is 35.2 Å². The molecule has 3 rings (SSSR count). The molecule has 1 aliphatic rings. The average molecular weight is 299 g/mol. The second-order valence-corrected chi connectivity index (χ2v) is 5.87. The fourth-order valence-corrected chi connectivity index (χ4v) is 3.00. The van der Waals surface area contributed by atoms with Crippen molar-refractivity contribution in [2.24, 2.45) is 0 Å². The summed E-state index contributed by atoms with van der Waals surface area (Å²) in [6.07, 6.45) is 3.66. The first-order valence-corrected chi connectivity index (χ1v) is 7.97. The number of halogens is 1. The predicted molar refractivity (Wildman–Crippen MR) is 86.4 cm³/mol. The maximum Gasteiger partial charge on any atom is 0.123 e. The summed E-state index contributed by atoms with van der Waals surface area (Å²) in [5.41, 5.74) is 1.34. The summed E-state index contributed by atoms with van der Waals surface area (Å²) in [4.78, 5) is 2.50. The summed E-state index contributed by atoms with van der Waals surface area (Å²) >= 11 is 0. The lowest BCUT2D eigenvalue weighted by Gasteiger charge is -2.35. The Morgan fingerprint density at radius 1 is 1.00 bits per heavy atom. The van der Waals surface area contributed by atoms with Crippen LogP contribution < -0.4 is 4.74 Å². The summed E-state index contributed by atoms with van der Waals surface area (Å²) in [5.74, 6) is 0.516. The van der Waals surface area contributed by atoms with Gasteiger partial charge in [-0.05, 0) is 49.2 Å². The number of benzene rings is 2. The first kappa shape index (κ1) is 15.0. The molecule has 0 saturated carbocycles. The van der Waals surface area contributed by atoms with Crippen LogP contribution in [0.15, 0.2) is 54.6 Å². The number of nitrogens with zero attached hydrogens (tertiary/aromatic N) is 1. The fourth-order valence-electron chi connectivity index (χ4n) is 3.00. The van der Waals surface area contributed by atoms with E-state index in [9.17, 15) is 4.39 Å². The lowest BCUT2D eigenvalue weighted by atomic mass is 10.0. The van der Waals surface area contributed by atoms with Crippen LogP contribution in [0.2, 0.25) is 0 Å². The highest BCUT2D eigenvalue weighted by Crippen LogP contribution is 2.21. The molecule has 1 fully saturated rings. The molecule has 2 aromatic carbocycles. The van der Waals surface area contributed by atoms with Crippen molar-refractivity contribution >= 4 is 0 Å². The Morgan fingerprint density at radius 2 is 1.77 bits per heavy atom. The van der Waals surface area contributed by atoms with Gasteiger partial charge in [0, 0.05) is 12.6 Å². The molecule has 1 unspecified atom stereocenters. The molecular weight excluding hydrogens is 277 g/mol. The van der Waals surface area contributed by atoms with Crippen LogP contribution in [0.25, 0.3) is 0 Å². The molecule has 0 spiro atoms. The third-order valence-electron chi connectivity index (χ3n) is 4.23. The molecule has 1 heterocycles. The zero-order valence-corrected chi connectivity index (χ0v) is 12.7. The van der Waals surface area contributed by atoms with Crippen molar-refractivity contribution in [3.63, 3.8) is 0 Å². The van der Waals surface area contributed by atoms with E-state index in [4.69, 9.17) is 4.74 Å². The Hall–Kier alpha value is -1.87. The molecule has 1 aliphatic heterocycles. The topological polar surface area (TPSA) is 12.5 Å². The smallest absolute Gasteiger partial charge is 0.123 e. The number of hydrogen-bond acceptors (Lipinski definition) is 2. The molecular formula is C19H22FNO. The number of ether oxygens (including phenoxy) is 1. The van der Waals surface area contributed by atoms with Crippen molar-refractivity contribution in [3.8, 4) is 5.75 Å². The van der Waals surface area contributed by atoms with Gasteiger partial charge in [-0.1, -0.05) is 36.8 Å².